The molecule has 112 valence electrons. The van der Waals surface area contributed by atoms with Crippen molar-refractivity contribution in [1.82, 2.24) is 0 Å². The van der Waals surface area contributed by atoms with Crippen molar-refractivity contribution < 1.29 is 37.3 Å². The Bertz CT molecular complexity index is 487. The largest absolute Gasteiger partial charge is 0.469 e. The Labute approximate surface area is 111 Å². The van der Waals surface area contributed by atoms with Crippen molar-refractivity contribution in [3.63, 3.8) is 0 Å². The van der Waals surface area contributed by atoms with E-state index in [1.165, 1.54) is 0 Å². The van der Waals surface area contributed by atoms with Gasteiger partial charge in [-0.1, -0.05) is 0 Å². The molecule has 1 aromatic carbocycles. The summed E-state index contributed by atoms with van der Waals surface area (Å²) in [6.07, 6.45) is -9.45. The van der Waals surface area contributed by atoms with Crippen LogP contribution in [0.1, 0.15) is 23.7 Å². The monoisotopic (exact) mass is 296 g/mol. The van der Waals surface area contributed by atoms with Crippen LogP contribution in [0.2, 0.25) is 0 Å². The SMILES string of the molecule is COC(=O)CC(O)C(O)c1cc(F)ccc1C(F)(F)F. The van der Waals surface area contributed by atoms with E-state index in [1.807, 2.05) is 0 Å². The number of aliphatic hydroxyl groups excluding tert-OH is 2. The van der Waals surface area contributed by atoms with Crippen molar-refractivity contribution in [1.29, 1.82) is 0 Å². The van der Waals surface area contributed by atoms with Crippen LogP contribution in [0.5, 0.6) is 0 Å². The summed E-state index contributed by atoms with van der Waals surface area (Å²) < 4.78 is 55.4. The van der Waals surface area contributed by atoms with Crippen LogP contribution in [-0.2, 0) is 15.7 Å². The van der Waals surface area contributed by atoms with Crippen LogP contribution in [-0.4, -0.2) is 29.4 Å². The first-order valence-electron chi connectivity index (χ1n) is 5.46. The minimum Gasteiger partial charge on any atom is -0.469 e. The Hall–Kier alpha value is -1.67. The lowest BCUT2D eigenvalue weighted by molar-refractivity contribution is -0.145. The van der Waals surface area contributed by atoms with Crippen LogP contribution >= 0.6 is 0 Å². The van der Waals surface area contributed by atoms with Gasteiger partial charge in [0.1, 0.15) is 11.9 Å². The fourth-order valence-electron chi connectivity index (χ4n) is 1.61. The van der Waals surface area contributed by atoms with Crippen molar-refractivity contribution in [3.8, 4) is 0 Å². The third kappa shape index (κ3) is 3.91. The Balaban J connectivity index is 3.11. The molecule has 0 fully saturated rings. The number of aliphatic hydroxyl groups is 2. The van der Waals surface area contributed by atoms with Crippen LogP contribution < -0.4 is 0 Å². The van der Waals surface area contributed by atoms with E-state index in [1.54, 1.807) is 0 Å². The van der Waals surface area contributed by atoms with Crippen LogP contribution in [0.15, 0.2) is 18.2 Å². The first kappa shape index (κ1) is 16.4. The highest BCUT2D eigenvalue weighted by molar-refractivity contribution is 5.69. The fourth-order valence-corrected chi connectivity index (χ4v) is 1.61. The Kier molecular flexibility index (Phi) is 5.07. The number of rotatable bonds is 4. The highest BCUT2D eigenvalue weighted by Crippen LogP contribution is 2.36. The van der Waals surface area contributed by atoms with Gasteiger partial charge in [0, 0.05) is 0 Å². The van der Waals surface area contributed by atoms with E-state index < -0.39 is 47.7 Å². The lowest BCUT2D eigenvalue weighted by Crippen LogP contribution is -2.25. The Morgan fingerprint density at radius 3 is 2.45 bits per heavy atom. The molecule has 1 rings (SSSR count). The molecule has 0 bridgehead atoms. The van der Waals surface area contributed by atoms with E-state index in [0.717, 1.165) is 7.11 Å². The summed E-state index contributed by atoms with van der Waals surface area (Å²) in [7, 11) is 1.02. The lowest BCUT2D eigenvalue weighted by Gasteiger charge is -2.21. The third-order valence-corrected chi connectivity index (χ3v) is 2.61. The molecular formula is C12H12F4O4. The quantitative estimate of drug-likeness (QED) is 0.657. The molecule has 0 radical (unpaired) electrons. The molecule has 0 heterocycles. The first-order chi connectivity index (χ1) is 9.16. The van der Waals surface area contributed by atoms with Gasteiger partial charge in [0.05, 0.1) is 25.2 Å². The van der Waals surface area contributed by atoms with Crippen molar-refractivity contribution >= 4 is 5.97 Å². The molecule has 0 aromatic heterocycles. The maximum atomic E-state index is 13.0. The van der Waals surface area contributed by atoms with Gasteiger partial charge >= 0.3 is 12.1 Å². The lowest BCUT2D eigenvalue weighted by atomic mass is 9.96. The van der Waals surface area contributed by atoms with Gasteiger partial charge in [-0.3, -0.25) is 4.79 Å². The molecule has 0 saturated heterocycles. The average molecular weight is 296 g/mol. The molecule has 4 nitrogen and oxygen atoms in total. The highest BCUT2D eigenvalue weighted by Gasteiger charge is 2.37. The number of carbonyl (C=O) groups excluding carboxylic acids is 1. The molecule has 1 aromatic rings. The first-order valence-corrected chi connectivity index (χ1v) is 5.46. The topological polar surface area (TPSA) is 66.8 Å². The van der Waals surface area contributed by atoms with E-state index in [0.29, 0.717) is 18.2 Å². The molecule has 0 amide bonds. The van der Waals surface area contributed by atoms with Gasteiger partial charge in [-0.25, -0.2) is 4.39 Å². The van der Waals surface area contributed by atoms with Crippen molar-refractivity contribution in [2.45, 2.75) is 24.8 Å². The number of hydrogen-bond acceptors (Lipinski definition) is 4. The summed E-state index contributed by atoms with van der Waals surface area (Å²) in [5.74, 6) is -1.92. The van der Waals surface area contributed by atoms with Gasteiger partial charge in [-0.2, -0.15) is 13.2 Å². The summed E-state index contributed by atoms with van der Waals surface area (Å²) in [5, 5.41) is 19.2. The molecule has 2 atom stereocenters. The molecule has 0 aliphatic rings. The molecule has 0 aliphatic heterocycles. The van der Waals surface area contributed by atoms with Crippen LogP contribution in [0.25, 0.3) is 0 Å². The zero-order valence-electron chi connectivity index (χ0n) is 10.3. The highest BCUT2D eigenvalue weighted by atomic mass is 19.4. The average Bonchev–Trinajstić information content (AvgIpc) is 2.35. The van der Waals surface area contributed by atoms with E-state index in [4.69, 9.17) is 0 Å². The predicted octanol–water partition coefficient (Wildman–Crippen LogP) is 1.80. The number of carbonyl (C=O) groups is 1. The summed E-state index contributed by atoms with van der Waals surface area (Å²) in [4.78, 5) is 10.9. The summed E-state index contributed by atoms with van der Waals surface area (Å²) in [6.45, 7) is 0. The normalized spacial score (nSPS) is 14.8. The number of halogens is 4. The van der Waals surface area contributed by atoms with Crippen LogP contribution in [0, 0.1) is 5.82 Å². The molecule has 0 saturated carbocycles. The zero-order valence-corrected chi connectivity index (χ0v) is 10.3. The van der Waals surface area contributed by atoms with Crippen LogP contribution in [0.4, 0.5) is 17.6 Å². The van der Waals surface area contributed by atoms with Crippen LogP contribution in [0.3, 0.4) is 0 Å². The third-order valence-electron chi connectivity index (χ3n) is 2.61. The van der Waals surface area contributed by atoms with Crippen molar-refractivity contribution in [2.24, 2.45) is 0 Å². The molecule has 20 heavy (non-hydrogen) atoms. The maximum absolute atomic E-state index is 13.0. The molecule has 0 aliphatic carbocycles. The minimum absolute atomic E-state index is 0.457. The molecule has 2 N–H and O–H groups in total. The second-order valence-corrected chi connectivity index (χ2v) is 4.02. The van der Waals surface area contributed by atoms with Gasteiger partial charge in [0.25, 0.3) is 0 Å². The summed E-state index contributed by atoms with van der Waals surface area (Å²) >= 11 is 0. The molecular weight excluding hydrogens is 284 g/mol. The number of ether oxygens (including phenoxy) is 1. The smallest absolute Gasteiger partial charge is 0.416 e. The number of hydrogen-bond donors (Lipinski definition) is 2. The van der Waals surface area contributed by atoms with Gasteiger partial charge < -0.3 is 14.9 Å². The number of alkyl halides is 3. The molecule has 8 heteroatoms. The van der Waals surface area contributed by atoms with E-state index in [2.05, 4.69) is 4.74 Å². The zero-order chi connectivity index (χ0) is 15.5. The standard InChI is InChI=1S/C12H12F4O4/c1-20-10(18)5-9(17)11(19)7-4-6(13)2-3-8(7)12(14,15)16/h2-4,9,11,17,19H,5H2,1H3. The van der Waals surface area contributed by atoms with Gasteiger partial charge in [0.2, 0.25) is 0 Å². The molecule has 0 spiro atoms. The van der Waals surface area contributed by atoms with Crippen molar-refractivity contribution in [3.05, 3.63) is 35.1 Å². The van der Waals surface area contributed by atoms with Gasteiger partial charge in [-0.15, -0.1) is 0 Å². The van der Waals surface area contributed by atoms with Gasteiger partial charge in [0.15, 0.2) is 0 Å². The van der Waals surface area contributed by atoms with E-state index in [9.17, 15) is 32.6 Å². The predicted molar refractivity (Wildman–Crippen MR) is 59.0 cm³/mol. The maximum Gasteiger partial charge on any atom is 0.416 e. The second-order valence-electron chi connectivity index (χ2n) is 4.02. The van der Waals surface area contributed by atoms with Crippen molar-refractivity contribution in [2.75, 3.05) is 7.11 Å². The van der Waals surface area contributed by atoms with Gasteiger partial charge in [-0.05, 0) is 23.8 Å². The molecule has 2 unspecified atom stereocenters. The Morgan fingerprint density at radius 1 is 1.35 bits per heavy atom. The number of esters is 1. The van der Waals surface area contributed by atoms with E-state index >= 15 is 0 Å². The summed E-state index contributed by atoms with van der Waals surface area (Å²) in [5.41, 5.74) is -2.12. The Morgan fingerprint density at radius 2 is 1.95 bits per heavy atom. The minimum atomic E-state index is -4.82. The summed E-state index contributed by atoms with van der Waals surface area (Å²) in [6, 6.07) is 1.51. The second kappa shape index (κ2) is 6.19. The fraction of sp³-hybridized carbons (Fsp3) is 0.417. The number of benzene rings is 1. The van der Waals surface area contributed by atoms with E-state index in [-0.39, 0.29) is 0 Å². The number of methoxy groups -OCH3 is 1.